The molecule has 2 heterocycles. The van der Waals surface area contributed by atoms with Crippen molar-refractivity contribution in [1.82, 2.24) is 9.80 Å². The summed E-state index contributed by atoms with van der Waals surface area (Å²) in [6, 6.07) is -1.25. The second-order valence-corrected chi connectivity index (χ2v) is 6.45. The Kier molecular flexibility index (Phi) is 3.74. The van der Waals surface area contributed by atoms with Crippen LogP contribution in [0.4, 0.5) is 0 Å². The molecule has 2 saturated heterocycles. The van der Waals surface area contributed by atoms with Crippen LogP contribution in [-0.4, -0.2) is 59.7 Å². The number of hydrogen-bond donors (Lipinski definition) is 0. The number of imide groups is 1. The molecule has 0 aromatic carbocycles. The maximum Gasteiger partial charge on any atom is 0.328 e. The Bertz CT molecular complexity index is 626. The van der Waals surface area contributed by atoms with E-state index in [4.69, 9.17) is 4.74 Å². The highest BCUT2D eigenvalue weighted by atomic mass is 16.5. The van der Waals surface area contributed by atoms with Gasteiger partial charge in [0.05, 0.1) is 25.0 Å². The molecule has 124 valence electrons. The summed E-state index contributed by atoms with van der Waals surface area (Å²) in [4.78, 5) is 51.7. The Morgan fingerprint density at radius 2 is 1.96 bits per heavy atom. The molecule has 2 fully saturated rings. The lowest BCUT2D eigenvalue weighted by atomic mass is 9.77. The third-order valence-electron chi connectivity index (χ3n) is 5.11. The maximum absolute atomic E-state index is 12.5. The number of allylic oxidation sites excluding steroid dienone is 1. The Morgan fingerprint density at radius 1 is 1.26 bits per heavy atom. The molecular weight excluding hydrogens is 300 g/mol. The molecule has 0 saturated carbocycles. The molecule has 3 aliphatic rings. The fourth-order valence-electron chi connectivity index (χ4n) is 4.01. The molecule has 0 spiro atoms. The minimum Gasteiger partial charge on any atom is -0.467 e. The number of fused-ring (bicyclic) bond motifs is 1. The van der Waals surface area contributed by atoms with Gasteiger partial charge in [-0.05, 0) is 19.8 Å². The van der Waals surface area contributed by atoms with Crippen LogP contribution >= 0.6 is 0 Å². The Labute approximate surface area is 134 Å². The van der Waals surface area contributed by atoms with Gasteiger partial charge < -0.3 is 9.64 Å². The lowest BCUT2D eigenvalue weighted by Crippen LogP contribution is -2.52. The number of methoxy groups -OCH3 is 1. The highest BCUT2D eigenvalue weighted by Gasteiger charge is 2.55. The predicted molar refractivity (Wildman–Crippen MR) is 78.8 cm³/mol. The summed E-state index contributed by atoms with van der Waals surface area (Å²) < 4.78 is 4.80. The Hall–Kier alpha value is -2.18. The zero-order chi connectivity index (χ0) is 16.9. The largest absolute Gasteiger partial charge is 0.467 e. The number of ether oxygens (including phenoxy) is 1. The van der Waals surface area contributed by atoms with Crippen molar-refractivity contribution < 1.29 is 23.9 Å². The number of nitrogens with zero attached hydrogens (tertiary/aromatic N) is 2. The van der Waals surface area contributed by atoms with E-state index >= 15 is 0 Å². The second-order valence-electron chi connectivity index (χ2n) is 6.45. The lowest BCUT2D eigenvalue weighted by molar-refractivity contribution is -0.152. The van der Waals surface area contributed by atoms with Crippen molar-refractivity contribution in [3.05, 3.63) is 11.6 Å². The number of likely N-dealkylation sites (tertiary alicyclic amines) is 2. The first-order valence-electron chi connectivity index (χ1n) is 7.74. The molecule has 3 rings (SSSR count). The zero-order valence-corrected chi connectivity index (χ0v) is 13.4. The van der Waals surface area contributed by atoms with Gasteiger partial charge in [-0.25, -0.2) is 4.79 Å². The van der Waals surface area contributed by atoms with E-state index in [1.54, 1.807) is 0 Å². The van der Waals surface area contributed by atoms with Crippen LogP contribution in [0.3, 0.4) is 0 Å². The molecule has 0 N–H and O–H groups in total. The van der Waals surface area contributed by atoms with Gasteiger partial charge in [0.25, 0.3) is 0 Å². The normalized spacial score (nSPS) is 33.9. The van der Waals surface area contributed by atoms with Crippen LogP contribution in [0, 0.1) is 11.8 Å². The summed E-state index contributed by atoms with van der Waals surface area (Å²) in [7, 11) is 2.76. The number of carbonyl (C=O) groups is 4. The van der Waals surface area contributed by atoms with Crippen LogP contribution in [0.25, 0.3) is 0 Å². The lowest BCUT2D eigenvalue weighted by Gasteiger charge is -2.37. The average molecular weight is 320 g/mol. The van der Waals surface area contributed by atoms with Crippen LogP contribution in [0.15, 0.2) is 11.6 Å². The van der Waals surface area contributed by atoms with E-state index in [1.165, 1.54) is 19.1 Å². The van der Waals surface area contributed by atoms with Crippen molar-refractivity contribution in [1.29, 1.82) is 0 Å². The van der Waals surface area contributed by atoms with Crippen LogP contribution < -0.4 is 0 Å². The predicted octanol–water partition coefficient (Wildman–Crippen LogP) is 0.100. The van der Waals surface area contributed by atoms with Gasteiger partial charge in [0.15, 0.2) is 0 Å². The molecule has 0 radical (unpaired) electrons. The standard InChI is InChI=1S/C16H20N2O5/c1-8-6-9-13(15(21)17(2)14(9)20)11(7-8)18-10(16(22)23-3)4-5-12(18)19/h7,9-11,13H,4-6H2,1-3H3/t9-,10-,11+,13-/m0/s1. The van der Waals surface area contributed by atoms with Gasteiger partial charge in [0.1, 0.15) is 6.04 Å². The van der Waals surface area contributed by atoms with Crippen molar-refractivity contribution in [2.75, 3.05) is 14.2 Å². The van der Waals surface area contributed by atoms with Crippen LogP contribution in [0.2, 0.25) is 0 Å². The third-order valence-corrected chi connectivity index (χ3v) is 5.11. The molecule has 7 heteroatoms. The minimum atomic E-state index is -0.686. The summed E-state index contributed by atoms with van der Waals surface area (Å²) in [6.45, 7) is 1.88. The summed E-state index contributed by atoms with van der Waals surface area (Å²) in [5.41, 5.74) is 0.955. The van der Waals surface area contributed by atoms with E-state index in [-0.39, 0.29) is 24.1 Å². The SMILES string of the molecule is COC(=O)[C@@H]1CCC(=O)N1[C@@H]1C=C(C)C[C@@H]2C(=O)N(C)C(=O)[C@@H]21. The van der Waals surface area contributed by atoms with E-state index in [2.05, 4.69) is 0 Å². The first kappa shape index (κ1) is 15.7. The average Bonchev–Trinajstić information content (AvgIpc) is 3.00. The summed E-state index contributed by atoms with van der Waals surface area (Å²) >= 11 is 0. The zero-order valence-electron chi connectivity index (χ0n) is 13.4. The van der Waals surface area contributed by atoms with Gasteiger partial charge in [-0.15, -0.1) is 0 Å². The molecule has 7 nitrogen and oxygen atoms in total. The molecule has 3 amide bonds. The topological polar surface area (TPSA) is 84.0 Å². The fourth-order valence-corrected chi connectivity index (χ4v) is 4.01. The van der Waals surface area contributed by atoms with Gasteiger partial charge >= 0.3 is 5.97 Å². The number of rotatable bonds is 2. The van der Waals surface area contributed by atoms with E-state index in [0.29, 0.717) is 12.8 Å². The summed E-state index contributed by atoms with van der Waals surface area (Å²) in [6.07, 6.45) is 2.99. The maximum atomic E-state index is 12.5. The molecule has 4 atom stereocenters. The quantitative estimate of drug-likeness (QED) is 0.409. The van der Waals surface area contributed by atoms with Gasteiger partial charge in [-0.3, -0.25) is 19.3 Å². The first-order chi connectivity index (χ1) is 10.9. The monoisotopic (exact) mass is 320 g/mol. The molecule has 1 aliphatic carbocycles. The number of hydrogen-bond acceptors (Lipinski definition) is 5. The molecule has 2 aliphatic heterocycles. The van der Waals surface area contributed by atoms with Crippen molar-refractivity contribution >= 4 is 23.7 Å². The molecule has 0 unspecified atom stereocenters. The van der Waals surface area contributed by atoms with Gasteiger partial charge in [0.2, 0.25) is 17.7 Å². The van der Waals surface area contributed by atoms with Gasteiger partial charge in [-0.1, -0.05) is 11.6 Å². The molecule has 0 bridgehead atoms. The number of amides is 3. The first-order valence-corrected chi connectivity index (χ1v) is 7.74. The van der Waals surface area contributed by atoms with Crippen LogP contribution in [0.1, 0.15) is 26.2 Å². The fraction of sp³-hybridized carbons (Fsp3) is 0.625. The number of carbonyl (C=O) groups excluding carboxylic acids is 4. The molecule has 0 aromatic rings. The Balaban J connectivity index is 2.01. The highest BCUT2D eigenvalue weighted by molar-refractivity contribution is 6.06. The molecule has 0 aromatic heterocycles. The van der Waals surface area contributed by atoms with E-state index in [0.717, 1.165) is 10.5 Å². The van der Waals surface area contributed by atoms with Crippen molar-refractivity contribution in [3.8, 4) is 0 Å². The summed E-state index contributed by atoms with van der Waals surface area (Å²) in [5.74, 6) is -2.20. The van der Waals surface area contributed by atoms with Gasteiger partial charge in [-0.2, -0.15) is 0 Å². The van der Waals surface area contributed by atoms with E-state index < -0.39 is 29.9 Å². The smallest absolute Gasteiger partial charge is 0.328 e. The van der Waals surface area contributed by atoms with Crippen molar-refractivity contribution in [3.63, 3.8) is 0 Å². The summed E-state index contributed by atoms with van der Waals surface area (Å²) in [5, 5.41) is 0. The molecular formula is C16H20N2O5. The van der Waals surface area contributed by atoms with Crippen LogP contribution in [0.5, 0.6) is 0 Å². The molecule has 23 heavy (non-hydrogen) atoms. The van der Waals surface area contributed by atoms with E-state index in [9.17, 15) is 19.2 Å². The van der Waals surface area contributed by atoms with Crippen LogP contribution in [-0.2, 0) is 23.9 Å². The van der Waals surface area contributed by atoms with E-state index in [1.807, 2.05) is 13.0 Å². The highest BCUT2D eigenvalue weighted by Crippen LogP contribution is 2.41. The second kappa shape index (κ2) is 5.47. The number of esters is 1. The third kappa shape index (κ3) is 2.26. The Morgan fingerprint density at radius 3 is 2.61 bits per heavy atom. The van der Waals surface area contributed by atoms with Crippen molar-refractivity contribution in [2.24, 2.45) is 11.8 Å². The van der Waals surface area contributed by atoms with Crippen molar-refractivity contribution in [2.45, 2.75) is 38.3 Å². The minimum absolute atomic E-state index is 0.176. The van der Waals surface area contributed by atoms with Gasteiger partial charge in [0, 0.05) is 13.5 Å².